The molecule has 0 aliphatic carbocycles. The number of carbonyl (C=O) groups excluding carboxylic acids is 2. The van der Waals surface area contributed by atoms with E-state index in [0.29, 0.717) is 0 Å². The van der Waals surface area contributed by atoms with Gasteiger partial charge >= 0.3 is 0 Å². The van der Waals surface area contributed by atoms with E-state index in [9.17, 15) is 9.59 Å². The van der Waals surface area contributed by atoms with Crippen LogP contribution in [0.3, 0.4) is 0 Å². The second-order valence-electron chi connectivity index (χ2n) is 5.73. The van der Waals surface area contributed by atoms with Gasteiger partial charge in [-0.3, -0.25) is 9.59 Å². The highest BCUT2D eigenvalue weighted by Gasteiger charge is 2.45. The molecular weight excluding hydrogens is 320 g/mol. The number of piperazine rings is 1. The van der Waals surface area contributed by atoms with Crippen LogP contribution in [0.5, 0.6) is 0 Å². The first-order valence-electron chi connectivity index (χ1n) is 6.64. The fourth-order valence-corrected chi connectivity index (χ4v) is 2.77. The van der Waals surface area contributed by atoms with E-state index in [-0.39, 0.29) is 17.9 Å². The van der Waals surface area contributed by atoms with Crippen LogP contribution in [0.1, 0.15) is 39.3 Å². The minimum Gasteiger partial charge on any atom is -0.340 e. The zero-order valence-electron chi connectivity index (χ0n) is 12.1. The summed E-state index contributed by atoms with van der Waals surface area (Å²) in [6.07, 6.45) is 0. The lowest BCUT2D eigenvalue weighted by Gasteiger charge is -2.44. The lowest BCUT2D eigenvalue weighted by Crippen LogP contribution is -2.67. The lowest BCUT2D eigenvalue weighted by atomic mass is 9.94. The molecule has 0 spiro atoms. The van der Waals surface area contributed by atoms with E-state index in [4.69, 9.17) is 0 Å². The van der Waals surface area contributed by atoms with Gasteiger partial charge in [0.2, 0.25) is 11.8 Å². The molecule has 1 N–H and O–H groups in total. The van der Waals surface area contributed by atoms with Crippen molar-refractivity contribution in [1.82, 2.24) is 10.2 Å². The molecule has 0 radical (unpaired) electrons. The zero-order valence-corrected chi connectivity index (χ0v) is 13.7. The first-order valence-corrected chi connectivity index (χ1v) is 7.43. The van der Waals surface area contributed by atoms with Crippen molar-refractivity contribution < 1.29 is 9.59 Å². The maximum Gasteiger partial charge on any atom is 0.248 e. The van der Waals surface area contributed by atoms with Crippen molar-refractivity contribution in [2.75, 3.05) is 0 Å². The number of nitrogens with zero attached hydrogens (tertiary/aromatic N) is 1. The number of benzene rings is 1. The molecule has 1 fully saturated rings. The molecule has 4 nitrogen and oxygen atoms in total. The zero-order chi connectivity index (χ0) is 15.1. The average Bonchev–Trinajstić information content (AvgIpc) is 2.37. The van der Waals surface area contributed by atoms with Gasteiger partial charge in [0, 0.05) is 4.47 Å². The molecule has 0 aromatic heterocycles. The third kappa shape index (κ3) is 2.59. The van der Waals surface area contributed by atoms with Crippen LogP contribution < -0.4 is 5.32 Å². The van der Waals surface area contributed by atoms with Crippen LogP contribution in [0.15, 0.2) is 28.7 Å². The quantitative estimate of drug-likeness (QED) is 0.901. The molecule has 2 amide bonds. The molecule has 1 aliphatic rings. The standard InChI is InChI=1S/C15H19BrN2O2/c1-9(11-5-7-12(16)8-6-11)18-10(2)13(19)17-15(3,4)14(18)20/h5-10H,1-4H3,(H,17,19). The van der Waals surface area contributed by atoms with E-state index in [1.165, 1.54) is 0 Å². The molecule has 1 saturated heterocycles. The summed E-state index contributed by atoms with van der Waals surface area (Å²) in [5, 5.41) is 2.76. The summed E-state index contributed by atoms with van der Waals surface area (Å²) in [5.74, 6) is -0.168. The molecule has 20 heavy (non-hydrogen) atoms. The van der Waals surface area contributed by atoms with Crippen LogP contribution in [0.2, 0.25) is 0 Å². The number of hydrogen-bond donors (Lipinski definition) is 1. The topological polar surface area (TPSA) is 49.4 Å². The average molecular weight is 339 g/mol. The number of rotatable bonds is 2. The van der Waals surface area contributed by atoms with Crippen LogP contribution in [-0.2, 0) is 9.59 Å². The predicted octanol–water partition coefficient (Wildman–Crippen LogP) is 2.64. The van der Waals surface area contributed by atoms with E-state index in [0.717, 1.165) is 10.0 Å². The second kappa shape index (κ2) is 5.20. The smallest absolute Gasteiger partial charge is 0.248 e. The highest BCUT2D eigenvalue weighted by Crippen LogP contribution is 2.29. The summed E-state index contributed by atoms with van der Waals surface area (Å²) in [4.78, 5) is 26.3. The highest BCUT2D eigenvalue weighted by atomic mass is 79.9. The normalized spacial score (nSPS) is 23.4. The minimum absolute atomic E-state index is 0.0555. The molecule has 108 valence electrons. The molecule has 5 heteroatoms. The number of nitrogens with one attached hydrogen (secondary N) is 1. The number of amides is 2. The van der Waals surface area contributed by atoms with Gasteiger partial charge in [0.25, 0.3) is 0 Å². The van der Waals surface area contributed by atoms with E-state index < -0.39 is 11.6 Å². The molecular formula is C15H19BrN2O2. The SMILES string of the molecule is CC1C(=O)NC(C)(C)C(=O)N1C(C)c1ccc(Br)cc1. The van der Waals surface area contributed by atoms with Gasteiger partial charge in [-0.1, -0.05) is 28.1 Å². The van der Waals surface area contributed by atoms with Crippen molar-refractivity contribution in [2.24, 2.45) is 0 Å². The number of carbonyl (C=O) groups is 2. The van der Waals surface area contributed by atoms with Crippen molar-refractivity contribution in [3.8, 4) is 0 Å². The fraction of sp³-hybridized carbons (Fsp3) is 0.467. The Kier molecular flexibility index (Phi) is 3.91. The van der Waals surface area contributed by atoms with Crippen molar-refractivity contribution in [3.05, 3.63) is 34.3 Å². The first kappa shape index (κ1) is 15.0. The number of halogens is 1. The third-order valence-electron chi connectivity index (χ3n) is 3.77. The Morgan fingerprint density at radius 2 is 1.80 bits per heavy atom. The van der Waals surface area contributed by atoms with Gasteiger partial charge < -0.3 is 10.2 Å². The summed E-state index contributed by atoms with van der Waals surface area (Å²) >= 11 is 3.40. The minimum atomic E-state index is -0.854. The van der Waals surface area contributed by atoms with Gasteiger partial charge in [0.15, 0.2) is 0 Å². The number of hydrogen-bond acceptors (Lipinski definition) is 2. The molecule has 1 aliphatic heterocycles. The van der Waals surface area contributed by atoms with Gasteiger partial charge in [-0.2, -0.15) is 0 Å². The van der Waals surface area contributed by atoms with Crippen molar-refractivity contribution in [3.63, 3.8) is 0 Å². The lowest BCUT2D eigenvalue weighted by molar-refractivity contribution is -0.155. The largest absolute Gasteiger partial charge is 0.340 e. The van der Waals surface area contributed by atoms with E-state index >= 15 is 0 Å². The van der Waals surface area contributed by atoms with Gasteiger partial charge in [-0.05, 0) is 45.4 Å². The molecule has 1 aromatic rings. The Labute approximate surface area is 127 Å². The van der Waals surface area contributed by atoms with Gasteiger partial charge in [0.1, 0.15) is 11.6 Å². The summed E-state index contributed by atoms with van der Waals surface area (Å²) in [5.41, 5.74) is 0.159. The fourth-order valence-electron chi connectivity index (χ4n) is 2.50. The van der Waals surface area contributed by atoms with Gasteiger partial charge in [0.05, 0.1) is 6.04 Å². The third-order valence-corrected chi connectivity index (χ3v) is 4.30. The van der Waals surface area contributed by atoms with Crippen LogP contribution in [-0.4, -0.2) is 28.3 Å². The van der Waals surface area contributed by atoms with Gasteiger partial charge in [-0.25, -0.2) is 0 Å². The second-order valence-corrected chi connectivity index (χ2v) is 6.65. The highest BCUT2D eigenvalue weighted by molar-refractivity contribution is 9.10. The summed E-state index contributed by atoms with van der Waals surface area (Å²) in [6, 6.07) is 7.21. The Balaban J connectivity index is 2.35. The summed E-state index contributed by atoms with van der Waals surface area (Å²) in [6.45, 7) is 7.19. The predicted molar refractivity (Wildman–Crippen MR) is 81.1 cm³/mol. The molecule has 2 unspecified atom stereocenters. The Bertz CT molecular complexity index is 539. The van der Waals surface area contributed by atoms with Crippen LogP contribution >= 0.6 is 15.9 Å². The van der Waals surface area contributed by atoms with Crippen molar-refractivity contribution in [1.29, 1.82) is 0 Å². The van der Waals surface area contributed by atoms with Gasteiger partial charge in [-0.15, -0.1) is 0 Å². The monoisotopic (exact) mass is 338 g/mol. The summed E-state index contributed by atoms with van der Waals surface area (Å²) < 4.78 is 0.990. The Morgan fingerprint density at radius 1 is 1.25 bits per heavy atom. The van der Waals surface area contributed by atoms with E-state index in [1.807, 2.05) is 31.2 Å². The van der Waals surface area contributed by atoms with Crippen LogP contribution in [0.25, 0.3) is 0 Å². The maximum atomic E-state index is 12.6. The van der Waals surface area contributed by atoms with Crippen LogP contribution in [0, 0.1) is 0 Å². The molecule has 0 bridgehead atoms. The van der Waals surface area contributed by atoms with E-state index in [1.54, 1.807) is 25.7 Å². The molecule has 1 heterocycles. The maximum absolute atomic E-state index is 12.6. The van der Waals surface area contributed by atoms with E-state index in [2.05, 4.69) is 21.2 Å². The van der Waals surface area contributed by atoms with Crippen molar-refractivity contribution >= 4 is 27.7 Å². The summed E-state index contributed by atoms with van der Waals surface area (Å²) in [7, 11) is 0. The van der Waals surface area contributed by atoms with Crippen LogP contribution in [0.4, 0.5) is 0 Å². The molecule has 2 rings (SSSR count). The molecule has 2 atom stereocenters. The Hall–Kier alpha value is -1.36. The van der Waals surface area contributed by atoms with Crippen molar-refractivity contribution in [2.45, 2.75) is 45.3 Å². The molecule has 1 aromatic carbocycles. The first-order chi connectivity index (χ1) is 9.24. The Morgan fingerprint density at radius 3 is 2.35 bits per heavy atom. The molecule has 0 saturated carbocycles.